The molecule has 1 aromatic carbocycles. The number of carboxylic acids is 1. The normalized spacial score (nSPS) is 23.0. The van der Waals surface area contributed by atoms with Gasteiger partial charge in [0.05, 0.1) is 0 Å². The van der Waals surface area contributed by atoms with E-state index in [4.69, 9.17) is 9.90 Å². The minimum Gasteiger partial charge on any atom is -0.475 e. The summed E-state index contributed by atoms with van der Waals surface area (Å²) in [5, 5.41) is 7.12. The van der Waals surface area contributed by atoms with Crippen LogP contribution < -0.4 is 0 Å². The Hall–Kier alpha value is -2.09. The largest absolute Gasteiger partial charge is 0.490 e. The number of carboxylic acid groups (broad SMARTS) is 1. The second kappa shape index (κ2) is 10.9. The van der Waals surface area contributed by atoms with E-state index in [0.29, 0.717) is 6.04 Å². The van der Waals surface area contributed by atoms with Crippen LogP contribution in [-0.4, -0.2) is 65.2 Å². The number of carbonyl (C=O) groups is 2. The summed E-state index contributed by atoms with van der Waals surface area (Å²) in [7, 11) is 0. The first-order valence-electron chi connectivity index (χ1n) is 11.6. The van der Waals surface area contributed by atoms with E-state index >= 15 is 0 Å². The standard InChI is InChI=1S/C23H36N2O.C2HF3O2/c1-17-10-13-25(16-18(17)2)21-11-14-24(15-12-21)22(26)19-6-8-20(9-7-19)23(3,4)5;3-2(4,5)1(6)7/h6-9,17-18,21H,10-16H2,1-5H3;(H,6,7)/t17-,18+;/m0./s1. The Bertz CT molecular complexity index is 795. The number of aliphatic carboxylic acids is 1. The number of alkyl halides is 3. The first-order valence-corrected chi connectivity index (χ1v) is 11.6. The van der Waals surface area contributed by atoms with Gasteiger partial charge >= 0.3 is 12.1 Å². The van der Waals surface area contributed by atoms with Crippen LogP contribution in [-0.2, 0) is 10.2 Å². The zero-order valence-electron chi connectivity index (χ0n) is 20.3. The van der Waals surface area contributed by atoms with Gasteiger partial charge in [0.25, 0.3) is 5.91 Å². The number of carbonyl (C=O) groups excluding carboxylic acids is 1. The second-order valence-corrected chi connectivity index (χ2v) is 10.4. The van der Waals surface area contributed by atoms with Crippen molar-refractivity contribution in [1.82, 2.24) is 9.80 Å². The van der Waals surface area contributed by atoms with E-state index in [1.54, 1.807) is 0 Å². The van der Waals surface area contributed by atoms with Crippen molar-refractivity contribution < 1.29 is 27.9 Å². The van der Waals surface area contributed by atoms with E-state index in [1.165, 1.54) is 25.1 Å². The summed E-state index contributed by atoms with van der Waals surface area (Å²) in [4.78, 5) is 26.5. The Balaban J connectivity index is 0.000000479. The van der Waals surface area contributed by atoms with Crippen molar-refractivity contribution in [2.24, 2.45) is 11.8 Å². The summed E-state index contributed by atoms with van der Waals surface area (Å²) >= 11 is 0. The molecule has 0 aliphatic carbocycles. The van der Waals surface area contributed by atoms with Crippen molar-refractivity contribution in [3.63, 3.8) is 0 Å². The minimum absolute atomic E-state index is 0.128. The van der Waals surface area contributed by atoms with Crippen LogP contribution in [0, 0.1) is 11.8 Å². The molecule has 0 saturated carbocycles. The molecule has 2 aliphatic heterocycles. The molecule has 0 bridgehead atoms. The molecular weight excluding hydrogens is 433 g/mol. The monoisotopic (exact) mass is 470 g/mol. The highest BCUT2D eigenvalue weighted by molar-refractivity contribution is 5.94. The fourth-order valence-electron chi connectivity index (χ4n) is 4.36. The highest BCUT2D eigenvalue weighted by atomic mass is 19.4. The number of hydrogen-bond acceptors (Lipinski definition) is 3. The molecule has 2 fully saturated rings. The van der Waals surface area contributed by atoms with Crippen molar-refractivity contribution in [3.05, 3.63) is 35.4 Å². The van der Waals surface area contributed by atoms with Gasteiger partial charge in [-0.3, -0.25) is 9.69 Å². The molecule has 2 atom stereocenters. The van der Waals surface area contributed by atoms with E-state index in [9.17, 15) is 18.0 Å². The zero-order valence-corrected chi connectivity index (χ0v) is 20.3. The third-order valence-corrected chi connectivity index (χ3v) is 6.87. The lowest BCUT2D eigenvalue weighted by Crippen LogP contribution is -2.50. The lowest BCUT2D eigenvalue weighted by Gasteiger charge is -2.43. The second-order valence-electron chi connectivity index (χ2n) is 10.4. The Kier molecular flexibility index (Phi) is 8.96. The van der Waals surface area contributed by atoms with Crippen LogP contribution in [0.2, 0.25) is 0 Å². The van der Waals surface area contributed by atoms with Gasteiger partial charge < -0.3 is 10.0 Å². The molecule has 8 heteroatoms. The highest BCUT2D eigenvalue weighted by Gasteiger charge is 2.38. The summed E-state index contributed by atoms with van der Waals surface area (Å²) in [6.45, 7) is 15.6. The van der Waals surface area contributed by atoms with Crippen LogP contribution in [0.3, 0.4) is 0 Å². The number of likely N-dealkylation sites (tertiary alicyclic amines) is 2. The molecule has 0 aromatic heterocycles. The van der Waals surface area contributed by atoms with Gasteiger partial charge in [-0.1, -0.05) is 46.8 Å². The average Bonchev–Trinajstić information content (AvgIpc) is 2.74. The van der Waals surface area contributed by atoms with Crippen LogP contribution in [0.25, 0.3) is 0 Å². The van der Waals surface area contributed by atoms with E-state index in [0.717, 1.165) is 43.3 Å². The number of benzene rings is 1. The predicted octanol–water partition coefficient (Wildman–Crippen LogP) is 5.20. The fourth-order valence-corrected chi connectivity index (χ4v) is 4.36. The molecule has 1 aromatic rings. The van der Waals surface area contributed by atoms with Gasteiger partial charge in [-0.15, -0.1) is 0 Å². The Morgan fingerprint density at radius 3 is 1.85 bits per heavy atom. The molecular formula is C25H37F3N2O3. The number of amides is 1. The molecule has 2 saturated heterocycles. The maximum atomic E-state index is 12.9. The molecule has 0 unspecified atom stereocenters. The third-order valence-electron chi connectivity index (χ3n) is 6.87. The van der Waals surface area contributed by atoms with E-state index < -0.39 is 12.1 Å². The van der Waals surface area contributed by atoms with Gasteiger partial charge in [-0.25, -0.2) is 4.79 Å². The van der Waals surface area contributed by atoms with Gasteiger partial charge in [0.2, 0.25) is 0 Å². The highest BCUT2D eigenvalue weighted by Crippen LogP contribution is 2.28. The van der Waals surface area contributed by atoms with Gasteiger partial charge in [0.15, 0.2) is 0 Å². The number of nitrogens with zero attached hydrogens (tertiary/aromatic N) is 2. The topological polar surface area (TPSA) is 60.9 Å². The summed E-state index contributed by atoms with van der Waals surface area (Å²) in [5.74, 6) is -0.911. The van der Waals surface area contributed by atoms with E-state index in [-0.39, 0.29) is 11.3 Å². The molecule has 2 heterocycles. The van der Waals surface area contributed by atoms with Gasteiger partial charge in [0.1, 0.15) is 0 Å². The van der Waals surface area contributed by atoms with Crippen LogP contribution in [0.15, 0.2) is 24.3 Å². The SMILES string of the molecule is C[C@@H]1CN(C2CCN(C(=O)c3ccc(C(C)(C)C)cc3)CC2)CC[C@@H]1C.O=C(O)C(F)(F)F. The van der Waals surface area contributed by atoms with Crippen LogP contribution >= 0.6 is 0 Å². The molecule has 186 valence electrons. The van der Waals surface area contributed by atoms with Gasteiger partial charge in [0, 0.05) is 31.2 Å². The average molecular weight is 471 g/mol. The lowest BCUT2D eigenvalue weighted by atomic mass is 9.86. The molecule has 1 amide bonds. The fraction of sp³-hybridized carbons (Fsp3) is 0.680. The molecule has 0 radical (unpaired) electrons. The predicted molar refractivity (Wildman–Crippen MR) is 122 cm³/mol. The van der Waals surface area contributed by atoms with Crippen molar-refractivity contribution in [1.29, 1.82) is 0 Å². The molecule has 1 N–H and O–H groups in total. The van der Waals surface area contributed by atoms with Gasteiger partial charge in [-0.05, 0) is 60.8 Å². The summed E-state index contributed by atoms with van der Waals surface area (Å²) in [6.07, 6.45) is -1.53. The van der Waals surface area contributed by atoms with Crippen molar-refractivity contribution in [2.45, 2.75) is 71.5 Å². The summed E-state index contributed by atoms with van der Waals surface area (Å²) in [6, 6.07) is 8.88. The number of hydrogen-bond donors (Lipinski definition) is 1. The first-order chi connectivity index (χ1) is 15.2. The van der Waals surface area contributed by atoms with Crippen LogP contribution in [0.1, 0.15) is 69.8 Å². The van der Waals surface area contributed by atoms with Gasteiger partial charge in [-0.2, -0.15) is 13.2 Å². The molecule has 2 aliphatic rings. The maximum absolute atomic E-state index is 12.9. The molecule has 0 spiro atoms. The van der Waals surface area contributed by atoms with Crippen molar-refractivity contribution in [2.75, 3.05) is 26.2 Å². The number of piperidine rings is 2. The molecule has 33 heavy (non-hydrogen) atoms. The third kappa shape index (κ3) is 7.73. The van der Waals surface area contributed by atoms with E-state index in [1.807, 2.05) is 12.1 Å². The Morgan fingerprint density at radius 1 is 0.909 bits per heavy atom. The molecule has 5 nitrogen and oxygen atoms in total. The zero-order chi connectivity index (χ0) is 25.0. The number of halogens is 3. The smallest absolute Gasteiger partial charge is 0.475 e. The lowest BCUT2D eigenvalue weighted by molar-refractivity contribution is -0.192. The van der Waals surface area contributed by atoms with Crippen molar-refractivity contribution >= 4 is 11.9 Å². The van der Waals surface area contributed by atoms with Crippen LogP contribution in [0.4, 0.5) is 13.2 Å². The van der Waals surface area contributed by atoms with Crippen molar-refractivity contribution in [3.8, 4) is 0 Å². The maximum Gasteiger partial charge on any atom is 0.490 e. The van der Waals surface area contributed by atoms with E-state index in [2.05, 4.69) is 56.6 Å². The summed E-state index contributed by atoms with van der Waals surface area (Å²) < 4.78 is 31.7. The number of rotatable bonds is 2. The summed E-state index contributed by atoms with van der Waals surface area (Å²) in [5.41, 5.74) is 2.24. The minimum atomic E-state index is -5.08. The first kappa shape index (κ1) is 27.2. The molecule has 3 rings (SSSR count). The quantitative estimate of drug-likeness (QED) is 0.646. The Labute approximate surface area is 194 Å². The Morgan fingerprint density at radius 2 is 1.42 bits per heavy atom. The van der Waals surface area contributed by atoms with Crippen LogP contribution in [0.5, 0.6) is 0 Å².